The third-order valence-electron chi connectivity index (χ3n) is 9.78. The molecule has 0 saturated heterocycles. The summed E-state index contributed by atoms with van der Waals surface area (Å²) in [7, 11) is 0. The second kappa shape index (κ2) is 13.4. The van der Waals surface area contributed by atoms with Crippen molar-refractivity contribution >= 4 is 50.4 Å². The molecule has 1 aliphatic rings. The standard InChI is InChI=1S/C48H40N2/c1-4-6-8-15-34(3)36-17-14-18-40(31-36)50-45-21-12-10-19-41(45)43-29-25-38(33-48(43)50)37-26-30-47-44(32-37)42-20-11-13-22-46(42)49(47)39-27-23-35(24-28-39)16-9-7-5-2/h4-9,11-18,20-33H,3,10,19H2,1-2H3/b6-4-,7-5-,15-8-,16-9-. The van der Waals surface area contributed by atoms with Crippen molar-refractivity contribution < 1.29 is 0 Å². The molecule has 2 heteroatoms. The van der Waals surface area contributed by atoms with E-state index in [4.69, 9.17) is 0 Å². The number of hydrogen-bond donors (Lipinski definition) is 0. The average molecular weight is 645 g/mol. The first-order valence-electron chi connectivity index (χ1n) is 17.5. The van der Waals surface area contributed by atoms with E-state index < -0.39 is 0 Å². The minimum absolute atomic E-state index is 0.996. The van der Waals surface area contributed by atoms with Gasteiger partial charge in [-0.2, -0.15) is 0 Å². The molecule has 1 aliphatic carbocycles. The highest BCUT2D eigenvalue weighted by Gasteiger charge is 2.20. The van der Waals surface area contributed by atoms with E-state index in [1.165, 1.54) is 60.7 Å². The molecule has 2 heterocycles. The van der Waals surface area contributed by atoms with Crippen LogP contribution in [-0.4, -0.2) is 9.13 Å². The summed E-state index contributed by atoms with van der Waals surface area (Å²) in [6, 6.07) is 40.3. The van der Waals surface area contributed by atoms with Crippen molar-refractivity contribution in [2.45, 2.75) is 26.7 Å². The molecule has 0 aliphatic heterocycles. The van der Waals surface area contributed by atoms with Gasteiger partial charge >= 0.3 is 0 Å². The van der Waals surface area contributed by atoms with Gasteiger partial charge in [-0.05, 0) is 115 Å². The predicted octanol–water partition coefficient (Wildman–Crippen LogP) is 13.1. The number of hydrogen-bond acceptors (Lipinski definition) is 0. The molecule has 0 fully saturated rings. The zero-order valence-electron chi connectivity index (χ0n) is 28.7. The van der Waals surface area contributed by atoms with Gasteiger partial charge in [-0.1, -0.05) is 122 Å². The lowest BCUT2D eigenvalue weighted by molar-refractivity contribution is 0.967. The molecule has 50 heavy (non-hydrogen) atoms. The van der Waals surface area contributed by atoms with Crippen LogP contribution < -0.4 is 0 Å². The number of para-hydroxylation sites is 1. The van der Waals surface area contributed by atoms with E-state index in [-0.39, 0.29) is 0 Å². The summed E-state index contributed by atoms with van der Waals surface area (Å²) in [5, 5.41) is 3.84. The zero-order valence-corrected chi connectivity index (χ0v) is 28.7. The van der Waals surface area contributed by atoms with Crippen molar-refractivity contribution in [2.24, 2.45) is 0 Å². The van der Waals surface area contributed by atoms with Gasteiger partial charge in [0.2, 0.25) is 0 Å². The maximum atomic E-state index is 4.36. The highest BCUT2D eigenvalue weighted by molar-refractivity contribution is 6.10. The van der Waals surface area contributed by atoms with E-state index in [9.17, 15) is 0 Å². The molecule has 0 radical (unpaired) electrons. The molecular formula is C48H40N2. The molecule has 242 valence electrons. The quantitative estimate of drug-likeness (QED) is 0.146. The number of allylic oxidation sites excluding steroid dienone is 9. The van der Waals surface area contributed by atoms with Crippen LogP contribution in [0.3, 0.4) is 0 Å². The molecule has 0 N–H and O–H groups in total. The molecule has 0 spiro atoms. The molecule has 0 bridgehead atoms. The molecule has 8 rings (SSSR count). The third kappa shape index (κ3) is 5.59. The largest absolute Gasteiger partial charge is 0.310 e. The fourth-order valence-corrected chi connectivity index (χ4v) is 7.36. The molecule has 0 atom stereocenters. The first kappa shape index (κ1) is 31.2. The fraction of sp³-hybridized carbons (Fsp3) is 0.0833. The lowest BCUT2D eigenvalue weighted by Gasteiger charge is -2.14. The molecule has 7 aromatic rings. The van der Waals surface area contributed by atoms with Gasteiger partial charge in [0.25, 0.3) is 0 Å². The monoisotopic (exact) mass is 644 g/mol. The van der Waals surface area contributed by atoms with Gasteiger partial charge in [-0.15, -0.1) is 0 Å². The van der Waals surface area contributed by atoms with Crippen molar-refractivity contribution in [2.75, 3.05) is 0 Å². The molecule has 2 nitrogen and oxygen atoms in total. The van der Waals surface area contributed by atoms with Gasteiger partial charge in [0.15, 0.2) is 0 Å². The fourth-order valence-electron chi connectivity index (χ4n) is 7.36. The number of benzene rings is 5. The van der Waals surface area contributed by atoms with Crippen molar-refractivity contribution in [1.82, 2.24) is 9.13 Å². The number of aromatic nitrogens is 2. The Balaban J connectivity index is 1.25. The van der Waals surface area contributed by atoms with Crippen LogP contribution in [0, 0.1) is 0 Å². The summed E-state index contributed by atoms with van der Waals surface area (Å²) < 4.78 is 4.83. The third-order valence-corrected chi connectivity index (χ3v) is 9.78. The highest BCUT2D eigenvalue weighted by atomic mass is 15.0. The van der Waals surface area contributed by atoms with Crippen LogP contribution in [0.4, 0.5) is 0 Å². The Morgan fingerprint density at radius 1 is 0.620 bits per heavy atom. The van der Waals surface area contributed by atoms with E-state index in [2.05, 4.69) is 161 Å². The van der Waals surface area contributed by atoms with Crippen LogP contribution in [0.25, 0.3) is 72.9 Å². The first-order valence-corrected chi connectivity index (χ1v) is 17.5. The summed E-state index contributed by atoms with van der Waals surface area (Å²) in [4.78, 5) is 0. The second-order valence-corrected chi connectivity index (χ2v) is 12.9. The average Bonchev–Trinajstić information content (AvgIpc) is 3.67. The summed E-state index contributed by atoms with van der Waals surface area (Å²) in [5.74, 6) is 0. The lowest BCUT2D eigenvalue weighted by atomic mass is 9.98. The van der Waals surface area contributed by atoms with Crippen molar-refractivity contribution in [3.63, 3.8) is 0 Å². The molecule has 0 unspecified atom stereocenters. The molecular weight excluding hydrogens is 605 g/mol. The SMILES string of the molecule is C=C(/C=C\C=C/C)c1cccc(-n2c3c(c4ccc(-c5ccc6c(c5)c5ccccc5n6-c5ccc(/C=C\C=C/C)cc5)cc42)CCC=C3)c1. The molecule has 0 amide bonds. The van der Waals surface area contributed by atoms with Crippen LogP contribution >= 0.6 is 0 Å². The normalized spacial score (nSPS) is 13.3. The van der Waals surface area contributed by atoms with Crippen molar-refractivity contribution in [3.8, 4) is 22.5 Å². The summed E-state index contributed by atoms with van der Waals surface area (Å²) in [6.07, 6.45) is 23.2. The first-order chi connectivity index (χ1) is 24.6. The summed E-state index contributed by atoms with van der Waals surface area (Å²) in [5.41, 5.74) is 14.4. The summed E-state index contributed by atoms with van der Waals surface area (Å²) >= 11 is 0. The highest BCUT2D eigenvalue weighted by Crippen LogP contribution is 2.39. The van der Waals surface area contributed by atoms with E-state index in [1.807, 2.05) is 38.2 Å². The minimum atomic E-state index is 0.996. The maximum Gasteiger partial charge on any atom is 0.0543 e. The molecule has 5 aromatic carbocycles. The van der Waals surface area contributed by atoms with Crippen LogP contribution in [0.15, 0.2) is 164 Å². The van der Waals surface area contributed by atoms with Gasteiger partial charge < -0.3 is 9.13 Å². The Morgan fingerprint density at radius 2 is 1.40 bits per heavy atom. The Hall–Kier alpha value is -6.12. The van der Waals surface area contributed by atoms with Crippen LogP contribution in [-0.2, 0) is 6.42 Å². The van der Waals surface area contributed by atoms with E-state index >= 15 is 0 Å². The Morgan fingerprint density at radius 3 is 2.26 bits per heavy atom. The van der Waals surface area contributed by atoms with Gasteiger partial charge in [-0.3, -0.25) is 0 Å². The zero-order chi connectivity index (χ0) is 34.0. The minimum Gasteiger partial charge on any atom is -0.310 e. The van der Waals surface area contributed by atoms with Gasteiger partial charge in [-0.25, -0.2) is 0 Å². The molecule has 0 saturated carbocycles. The summed E-state index contributed by atoms with van der Waals surface area (Å²) in [6.45, 7) is 8.42. The van der Waals surface area contributed by atoms with Gasteiger partial charge in [0.05, 0.1) is 16.6 Å². The number of rotatable bonds is 8. The number of nitrogens with zero attached hydrogens (tertiary/aromatic N) is 2. The topological polar surface area (TPSA) is 9.86 Å². The van der Waals surface area contributed by atoms with Gasteiger partial charge in [0.1, 0.15) is 0 Å². The number of aryl methyl sites for hydroxylation is 1. The Bertz CT molecular complexity index is 2560. The van der Waals surface area contributed by atoms with E-state index in [0.29, 0.717) is 0 Å². The second-order valence-electron chi connectivity index (χ2n) is 12.9. The number of fused-ring (bicyclic) bond motifs is 6. The van der Waals surface area contributed by atoms with Crippen LogP contribution in [0.1, 0.15) is 42.7 Å². The van der Waals surface area contributed by atoms with Gasteiger partial charge in [0, 0.05) is 33.2 Å². The Kier molecular flexibility index (Phi) is 8.36. The van der Waals surface area contributed by atoms with E-state index in [1.54, 1.807) is 0 Å². The maximum absolute atomic E-state index is 4.36. The van der Waals surface area contributed by atoms with Crippen LogP contribution in [0.5, 0.6) is 0 Å². The van der Waals surface area contributed by atoms with E-state index in [0.717, 1.165) is 35.4 Å². The van der Waals surface area contributed by atoms with Crippen LogP contribution in [0.2, 0.25) is 0 Å². The lowest BCUT2D eigenvalue weighted by Crippen LogP contribution is -2.00. The smallest absolute Gasteiger partial charge is 0.0543 e. The van der Waals surface area contributed by atoms with Crippen molar-refractivity contribution in [3.05, 3.63) is 187 Å². The van der Waals surface area contributed by atoms with Crippen molar-refractivity contribution in [1.29, 1.82) is 0 Å². The predicted molar refractivity (Wildman–Crippen MR) is 217 cm³/mol. The Labute approximate surface area is 294 Å². The molecule has 2 aromatic heterocycles.